The number of benzene rings is 1. The van der Waals surface area contributed by atoms with E-state index in [0.29, 0.717) is 23.6 Å². The number of hydrogen-bond acceptors (Lipinski definition) is 5. The molecule has 0 atom stereocenters. The molecule has 0 unspecified atom stereocenters. The molecule has 4 aromatic rings. The molecule has 0 bridgehead atoms. The van der Waals surface area contributed by atoms with Crippen molar-refractivity contribution in [3.8, 4) is 11.5 Å². The standard InChI is InChI=1S/C22H21N3O2S/c1-15-14-28-21(24-15)10-4-5-11-23-22(26)17-13-19(20-9-6-12-27-20)25-18-8-3-2-7-16(17)18/h2-3,6-9,12-14H,4-5,10-11H2,1H3,(H,23,26). The number of aromatic nitrogens is 2. The summed E-state index contributed by atoms with van der Waals surface area (Å²) in [5, 5.41) is 7.11. The highest BCUT2D eigenvalue weighted by Gasteiger charge is 2.14. The van der Waals surface area contributed by atoms with E-state index in [9.17, 15) is 4.79 Å². The highest BCUT2D eigenvalue weighted by Crippen LogP contribution is 2.25. The van der Waals surface area contributed by atoms with Gasteiger partial charge < -0.3 is 9.73 Å². The number of nitrogens with one attached hydrogen (secondary N) is 1. The molecule has 0 saturated carbocycles. The van der Waals surface area contributed by atoms with E-state index in [4.69, 9.17) is 4.42 Å². The normalized spacial score (nSPS) is 11.0. The predicted octanol–water partition coefficient (Wildman–Crippen LogP) is 5.01. The summed E-state index contributed by atoms with van der Waals surface area (Å²) in [5.74, 6) is 0.565. The number of nitrogens with zero attached hydrogens (tertiary/aromatic N) is 2. The van der Waals surface area contributed by atoms with Crippen LogP contribution in [0.2, 0.25) is 0 Å². The number of hydrogen-bond donors (Lipinski definition) is 1. The number of unbranched alkanes of at least 4 members (excludes halogenated alkanes) is 1. The summed E-state index contributed by atoms with van der Waals surface area (Å²) >= 11 is 1.70. The molecule has 0 radical (unpaired) electrons. The number of furan rings is 1. The van der Waals surface area contributed by atoms with E-state index in [1.54, 1.807) is 23.7 Å². The zero-order chi connectivity index (χ0) is 19.3. The molecule has 142 valence electrons. The summed E-state index contributed by atoms with van der Waals surface area (Å²) in [6, 6.07) is 13.1. The zero-order valence-corrected chi connectivity index (χ0v) is 16.5. The molecule has 0 aliphatic carbocycles. The van der Waals surface area contributed by atoms with E-state index < -0.39 is 0 Å². The van der Waals surface area contributed by atoms with E-state index >= 15 is 0 Å². The van der Waals surface area contributed by atoms with Gasteiger partial charge in [0.05, 0.1) is 22.4 Å². The van der Waals surface area contributed by atoms with Crippen LogP contribution in [0.15, 0.2) is 58.5 Å². The molecule has 3 heterocycles. The molecular formula is C22H21N3O2S. The van der Waals surface area contributed by atoms with Crippen molar-refractivity contribution in [1.29, 1.82) is 0 Å². The van der Waals surface area contributed by atoms with Crippen molar-refractivity contribution in [2.45, 2.75) is 26.2 Å². The highest BCUT2D eigenvalue weighted by molar-refractivity contribution is 7.09. The van der Waals surface area contributed by atoms with E-state index in [2.05, 4.69) is 20.7 Å². The Balaban J connectivity index is 1.44. The number of thiazole rings is 1. The van der Waals surface area contributed by atoms with Gasteiger partial charge in [-0.25, -0.2) is 9.97 Å². The van der Waals surface area contributed by atoms with Gasteiger partial charge in [-0.05, 0) is 50.5 Å². The molecule has 1 aromatic carbocycles. The monoisotopic (exact) mass is 391 g/mol. The largest absolute Gasteiger partial charge is 0.463 e. The molecule has 0 fully saturated rings. The Bertz CT molecular complexity index is 1090. The summed E-state index contributed by atoms with van der Waals surface area (Å²) in [6.07, 6.45) is 4.48. The van der Waals surface area contributed by atoms with Crippen LogP contribution in [-0.2, 0) is 6.42 Å². The molecule has 1 amide bonds. The van der Waals surface area contributed by atoms with Crippen LogP contribution in [0.5, 0.6) is 0 Å². The van der Waals surface area contributed by atoms with Gasteiger partial charge in [0.2, 0.25) is 0 Å². The maximum atomic E-state index is 12.8. The van der Waals surface area contributed by atoms with Gasteiger partial charge in [-0.2, -0.15) is 0 Å². The summed E-state index contributed by atoms with van der Waals surface area (Å²) in [4.78, 5) is 21.9. The van der Waals surface area contributed by atoms with E-state index in [1.165, 1.54) is 0 Å². The number of carbonyl (C=O) groups is 1. The first-order valence-corrected chi connectivity index (χ1v) is 10.2. The Hall–Kier alpha value is -2.99. The Labute approximate surface area is 167 Å². The smallest absolute Gasteiger partial charge is 0.252 e. The summed E-state index contributed by atoms with van der Waals surface area (Å²) in [7, 11) is 0. The van der Waals surface area contributed by atoms with Crippen LogP contribution in [0, 0.1) is 6.92 Å². The number of carbonyl (C=O) groups excluding carboxylic acids is 1. The number of fused-ring (bicyclic) bond motifs is 1. The lowest BCUT2D eigenvalue weighted by atomic mass is 10.1. The van der Waals surface area contributed by atoms with Crippen LogP contribution in [0.25, 0.3) is 22.4 Å². The second-order valence-electron chi connectivity index (χ2n) is 6.65. The fourth-order valence-electron chi connectivity index (χ4n) is 3.13. The zero-order valence-electron chi connectivity index (χ0n) is 15.6. The minimum Gasteiger partial charge on any atom is -0.463 e. The average Bonchev–Trinajstić information content (AvgIpc) is 3.38. The van der Waals surface area contributed by atoms with Crippen LogP contribution in [0.4, 0.5) is 0 Å². The maximum Gasteiger partial charge on any atom is 0.252 e. The molecule has 0 aliphatic rings. The van der Waals surface area contributed by atoms with Gasteiger partial charge in [-0.15, -0.1) is 11.3 Å². The fourth-order valence-corrected chi connectivity index (χ4v) is 3.95. The van der Waals surface area contributed by atoms with Crippen molar-refractivity contribution in [2.75, 3.05) is 6.54 Å². The third-order valence-electron chi connectivity index (χ3n) is 4.50. The van der Waals surface area contributed by atoms with Crippen LogP contribution in [0.1, 0.15) is 33.9 Å². The molecule has 6 heteroatoms. The second-order valence-corrected chi connectivity index (χ2v) is 7.59. The van der Waals surface area contributed by atoms with Crippen LogP contribution in [-0.4, -0.2) is 22.4 Å². The van der Waals surface area contributed by atoms with Gasteiger partial charge in [0.1, 0.15) is 5.69 Å². The van der Waals surface area contributed by atoms with Crippen molar-refractivity contribution in [3.63, 3.8) is 0 Å². The number of aryl methyl sites for hydroxylation is 2. The first-order chi connectivity index (χ1) is 13.7. The highest BCUT2D eigenvalue weighted by atomic mass is 32.1. The SMILES string of the molecule is Cc1csc(CCCCNC(=O)c2cc(-c3ccco3)nc3ccccc23)n1. The Morgan fingerprint density at radius 1 is 1.14 bits per heavy atom. The Morgan fingerprint density at radius 3 is 2.82 bits per heavy atom. The average molecular weight is 391 g/mol. The minimum atomic E-state index is -0.0866. The van der Waals surface area contributed by atoms with Crippen LogP contribution >= 0.6 is 11.3 Å². The molecule has 3 aromatic heterocycles. The topological polar surface area (TPSA) is 68.0 Å². The lowest BCUT2D eigenvalue weighted by molar-refractivity contribution is 0.0954. The number of pyridine rings is 1. The molecule has 0 aliphatic heterocycles. The van der Waals surface area contributed by atoms with Crippen molar-refractivity contribution in [3.05, 3.63) is 70.4 Å². The molecule has 0 spiro atoms. The number of para-hydroxylation sites is 1. The maximum absolute atomic E-state index is 12.8. The first-order valence-electron chi connectivity index (χ1n) is 9.33. The quantitative estimate of drug-likeness (QED) is 0.450. The predicted molar refractivity (Wildman–Crippen MR) is 112 cm³/mol. The van der Waals surface area contributed by atoms with Crippen LogP contribution in [0.3, 0.4) is 0 Å². The lowest BCUT2D eigenvalue weighted by Crippen LogP contribution is -2.25. The Kier molecular flexibility index (Phi) is 5.48. The molecular weight excluding hydrogens is 370 g/mol. The molecule has 0 saturated heterocycles. The van der Waals surface area contributed by atoms with Crippen molar-refractivity contribution in [2.24, 2.45) is 0 Å². The van der Waals surface area contributed by atoms with E-state index in [0.717, 1.165) is 40.9 Å². The van der Waals surface area contributed by atoms with Crippen molar-refractivity contribution >= 4 is 28.1 Å². The van der Waals surface area contributed by atoms with Gasteiger partial charge >= 0.3 is 0 Å². The van der Waals surface area contributed by atoms with Crippen molar-refractivity contribution in [1.82, 2.24) is 15.3 Å². The second kappa shape index (κ2) is 8.35. The van der Waals surface area contributed by atoms with Crippen LogP contribution < -0.4 is 5.32 Å². The third kappa shape index (κ3) is 4.12. The van der Waals surface area contributed by atoms with Gasteiger partial charge in [0.25, 0.3) is 5.91 Å². The van der Waals surface area contributed by atoms with E-state index in [-0.39, 0.29) is 5.91 Å². The third-order valence-corrected chi connectivity index (χ3v) is 5.53. The van der Waals surface area contributed by atoms with Crippen molar-refractivity contribution < 1.29 is 9.21 Å². The van der Waals surface area contributed by atoms with Gasteiger partial charge in [0.15, 0.2) is 5.76 Å². The molecule has 4 rings (SSSR count). The molecule has 5 nitrogen and oxygen atoms in total. The number of rotatable bonds is 7. The van der Waals surface area contributed by atoms with Gasteiger partial charge in [-0.3, -0.25) is 4.79 Å². The summed E-state index contributed by atoms with van der Waals surface area (Å²) in [6.45, 7) is 2.65. The Morgan fingerprint density at radius 2 is 2.04 bits per heavy atom. The minimum absolute atomic E-state index is 0.0866. The lowest BCUT2D eigenvalue weighted by Gasteiger charge is -2.09. The first kappa shape index (κ1) is 18.4. The summed E-state index contributed by atoms with van der Waals surface area (Å²) < 4.78 is 5.46. The number of amides is 1. The fraction of sp³-hybridized carbons (Fsp3) is 0.227. The van der Waals surface area contributed by atoms with Gasteiger partial charge in [0, 0.05) is 23.0 Å². The molecule has 28 heavy (non-hydrogen) atoms. The van der Waals surface area contributed by atoms with E-state index in [1.807, 2.05) is 43.3 Å². The molecule has 1 N–H and O–H groups in total. The summed E-state index contributed by atoms with van der Waals surface area (Å²) in [5.41, 5.74) is 3.13. The van der Waals surface area contributed by atoms with Gasteiger partial charge in [-0.1, -0.05) is 18.2 Å².